The van der Waals surface area contributed by atoms with E-state index in [0.717, 1.165) is 11.1 Å². The van der Waals surface area contributed by atoms with Gasteiger partial charge in [-0.1, -0.05) is 41.9 Å². The van der Waals surface area contributed by atoms with Gasteiger partial charge in [0.15, 0.2) is 0 Å². The van der Waals surface area contributed by atoms with E-state index in [2.05, 4.69) is 10.3 Å². The van der Waals surface area contributed by atoms with E-state index in [9.17, 15) is 4.79 Å². The van der Waals surface area contributed by atoms with Crippen LogP contribution in [0.5, 0.6) is 5.75 Å². The van der Waals surface area contributed by atoms with Crippen molar-refractivity contribution in [1.82, 2.24) is 4.98 Å². The number of benzene rings is 2. The zero-order chi connectivity index (χ0) is 17.6. The third kappa shape index (κ3) is 4.37. The van der Waals surface area contributed by atoms with Crippen LogP contribution in [0.2, 0.25) is 5.02 Å². The molecule has 0 unspecified atom stereocenters. The fraction of sp³-hybridized carbons (Fsp3) is 0.100. The quantitative estimate of drug-likeness (QED) is 0.712. The highest BCUT2D eigenvalue weighted by atomic mass is 35.5. The number of carbonyl (C=O) groups excluding carboxylic acids is 1. The number of hydrogen-bond donors (Lipinski definition) is 1. The number of hydrogen-bond acceptors (Lipinski definition) is 3. The van der Waals surface area contributed by atoms with E-state index < -0.39 is 0 Å². The van der Waals surface area contributed by atoms with Crippen molar-refractivity contribution < 1.29 is 9.53 Å². The molecule has 1 aromatic heterocycles. The number of para-hydroxylation sites is 1. The minimum atomic E-state index is -0.256. The molecular formula is C20H17ClN2O2. The lowest BCUT2D eigenvalue weighted by Gasteiger charge is -2.12. The number of amides is 1. The highest BCUT2D eigenvalue weighted by molar-refractivity contribution is 6.30. The summed E-state index contributed by atoms with van der Waals surface area (Å²) >= 11 is 5.89. The van der Waals surface area contributed by atoms with Gasteiger partial charge in [-0.15, -0.1) is 0 Å². The Balaban J connectivity index is 1.75. The van der Waals surface area contributed by atoms with Gasteiger partial charge in [0.05, 0.1) is 5.56 Å². The Labute approximate surface area is 151 Å². The molecule has 4 nitrogen and oxygen atoms in total. The van der Waals surface area contributed by atoms with Gasteiger partial charge in [0.2, 0.25) is 0 Å². The molecule has 0 aliphatic rings. The van der Waals surface area contributed by atoms with Crippen LogP contribution in [0.3, 0.4) is 0 Å². The Hall–Kier alpha value is -2.85. The van der Waals surface area contributed by atoms with Crippen LogP contribution in [-0.4, -0.2) is 10.9 Å². The molecule has 3 rings (SSSR count). The van der Waals surface area contributed by atoms with Crippen LogP contribution in [0.1, 0.15) is 21.5 Å². The van der Waals surface area contributed by atoms with Crippen LogP contribution in [0, 0.1) is 6.92 Å². The molecule has 3 aromatic rings. The maximum absolute atomic E-state index is 12.6. The summed E-state index contributed by atoms with van der Waals surface area (Å²) in [6, 6.07) is 18.3. The largest absolute Gasteiger partial charge is 0.488 e. The lowest BCUT2D eigenvalue weighted by atomic mass is 10.1. The number of rotatable bonds is 5. The molecule has 5 heteroatoms. The van der Waals surface area contributed by atoms with Crippen LogP contribution in [-0.2, 0) is 6.61 Å². The molecule has 0 radical (unpaired) electrons. The monoisotopic (exact) mass is 352 g/mol. The van der Waals surface area contributed by atoms with E-state index in [4.69, 9.17) is 16.3 Å². The topological polar surface area (TPSA) is 51.2 Å². The highest BCUT2D eigenvalue weighted by Gasteiger charge is 2.14. The van der Waals surface area contributed by atoms with E-state index in [1.54, 1.807) is 24.4 Å². The van der Waals surface area contributed by atoms with Crippen LogP contribution in [0.4, 0.5) is 5.82 Å². The molecule has 126 valence electrons. The molecule has 0 aliphatic heterocycles. The number of anilines is 1. The van der Waals surface area contributed by atoms with E-state index in [-0.39, 0.29) is 5.91 Å². The van der Waals surface area contributed by atoms with Crippen molar-refractivity contribution in [2.45, 2.75) is 13.5 Å². The summed E-state index contributed by atoms with van der Waals surface area (Å²) in [5.41, 5.74) is 2.33. The molecule has 0 aliphatic carbocycles. The van der Waals surface area contributed by atoms with Crippen molar-refractivity contribution in [3.05, 3.63) is 88.6 Å². The maximum atomic E-state index is 12.6. The van der Waals surface area contributed by atoms with Gasteiger partial charge >= 0.3 is 0 Å². The predicted octanol–water partition coefficient (Wildman–Crippen LogP) is 4.87. The Morgan fingerprint density at radius 1 is 1.08 bits per heavy atom. The summed E-state index contributed by atoms with van der Waals surface area (Å²) in [4.78, 5) is 16.8. The standard InChI is InChI=1S/C20H17ClN2O2/c1-14-5-4-12-22-19(14)23-20(24)17-6-2-3-7-18(17)25-13-15-8-10-16(21)11-9-15/h2-12H,13H2,1H3,(H,22,23,24). The molecule has 0 fully saturated rings. The summed E-state index contributed by atoms with van der Waals surface area (Å²) in [5.74, 6) is 0.803. The first kappa shape index (κ1) is 17.0. The third-order valence-electron chi connectivity index (χ3n) is 3.68. The van der Waals surface area contributed by atoms with E-state index in [0.29, 0.717) is 28.8 Å². The highest BCUT2D eigenvalue weighted by Crippen LogP contribution is 2.21. The molecule has 1 N–H and O–H groups in total. The number of carbonyl (C=O) groups is 1. The van der Waals surface area contributed by atoms with Gasteiger partial charge in [-0.3, -0.25) is 4.79 Å². The first-order chi connectivity index (χ1) is 12.1. The minimum Gasteiger partial charge on any atom is -0.488 e. The average molecular weight is 353 g/mol. The molecule has 25 heavy (non-hydrogen) atoms. The maximum Gasteiger partial charge on any atom is 0.260 e. The Bertz CT molecular complexity index is 879. The lowest BCUT2D eigenvalue weighted by Crippen LogP contribution is -2.15. The van der Waals surface area contributed by atoms with E-state index in [1.165, 1.54) is 0 Å². The van der Waals surface area contributed by atoms with Crippen molar-refractivity contribution in [2.75, 3.05) is 5.32 Å². The van der Waals surface area contributed by atoms with E-state index in [1.807, 2.05) is 49.4 Å². The normalized spacial score (nSPS) is 10.3. The van der Waals surface area contributed by atoms with Gasteiger partial charge < -0.3 is 10.1 Å². The van der Waals surface area contributed by atoms with Crippen molar-refractivity contribution >= 4 is 23.3 Å². The number of aryl methyl sites for hydroxylation is 1. The Morgan fingerprint density at radius 3 is 2.60 bits per heavy atom. The fourth-order valence-corrected chi connectivity index (χ4v) is 2.44. The second-order valence-electron chi connectivity index (χ2n) is 5.53. The zero-order valence-corrected chi connectivity index (χ0v) is 14.5. The zero-order valence-electron chi connectivity index (χ0n) is 13.7. The second kappa shape index (κ2) is 7.81. The van der Waals surface area contributed by atoms with Crippen LogP contribution in [0.25, 0.3) is 0 Å². The van der Waals surface area contributed by atoms with Gasteiger partial charge in [-0.05, 0) is 48.4 Å². The summed E-state index contributed by atoms with van der Waals surface area (Å²) in [6.45, 7) is 2.25. The Morgan fingerprint density at radius 2 is 1.84 bits per heavy atom. The van der Waals surface area contributed by atoms with Gasteiger partial charge in [0, 0.05) is 11.2 Å². The smallest absolute Gasteiger partial charge is 0.260 e. The molecular weight excluding hydrogens is 336 g/mol. The molecule has 1 heterocycles. The fourth-order valence-electron chi connectivity index (χ4n) is 2.31. The Kier molecular flexibility index (Phi) is 5.31. The third-order valence-corrected chi connectivity index (χ3v) is 3.93. The van der Waals surface area contributed by atoms with Crippen molar-refractivity contribution in [2.24, 2.45) is 0 Å². The summed E-state index contributed by atoms with van der Waals surface area (Å²) in [5, 5.41) is 3.50. The van der Waals surface area contributed by atoms with Crippen LogP contribution in [0.15, 0.2) is 66.9 Å². The van der Waals surface area contributed by atoms with Gasteiger partial charge in [0.1, 0.15) is 18.2 Å². The first-order valence-corrected chi connectivity index (χ1v) is 8.20. The van der Waals surface area contributed by atoms with Crippen LogP contribution < -0.4 is 10.1 Å². The molecule has 1 amide bonds. The SMILES string of the molecule is Cc1cccnc1NC(=O)c1ccccc1OCc1ccc(Cl)cc1. The van der Waals surface area contributed by atoms with Gasteiger partial charge in [-0.25, -0.2) is 4.98 Å². The number of pyridine rings is 1. The van der Waals surface area contributed by atoms with Crippen molar-refractivity contribution in [3.8, 4) is 5.75 Å². The van der Waals surface area contributed by atoms with E-state index >= 15 is 0 Å². The second-order valence-corrected chi connectivity index (χ2v) is 5.97. The molecule has 0 bridgehead atoms. The molecule has 0 atom stereocenters. The number of ether oxygens (including phenoxy) is 1. The summed E-state index contributed by atoms with van der Waals surface area (Å²) < 4.78 is 5.83. The molecule has 0 saturated carbocycles. The molecule has 0 spiro atoms. The number of aromatic nitrogens is 1. The minimum absolute atomic E-state index is 0.256. The van der Waals surface area contributed by atoms with Crippen molar-refractivity contribution in [3.63, 3.8) is 0 Å². The lowest BCUT2D eigenvalue weighted by molar-refractivity contribution is 0.102. The predicted molar refractivity (Wildman–Crippen MR) is 99.2 cm³/mol. The average Bonchev–Trinajstić information content (AvgIpc) is 2.63. The summed E-state index contributed by atoms with van der Waals surface area (Å²) in [6.07, 6.45) is 1.64. The number of halogens is 1. The molecule has 2 aromatic carbocycles. The first-order valence-electron chi connectivity index (χ1n) is 7.83. The van der Waals surface area contributed by atoms with Crippen LogP contribution >= 0.6 is 11.6 Å². The van der Waals surface area contributed by atoms with Gasteiger partial charge in [0.25, 0.3) is 5.91 Å². The summed E-state index contributed by atoms with van der Waals surface area (Å²) in [7, 11) is 0. The van der Waals surface area contributed by atoms with Gasteiger partial charge in [-0.2, -0.15) is 0 Å². The number of nitrogens with one attached hydrogen (secondary N) is 1. The van der Waals surface area contributed by atoms with Crippen molar-refractivity contribution in [1.29, 1.82) is 0 Å². The number of nitrogens with zero attached hydrogens (tertiary/aromatic N) is 1. The molecule has 0 saturated heterocycles.